The molecule has 28 heavy (non-hydrogen) atoms. The number of carbonyl (C=O) groups excluding carboxylic acids is 1. The SMILES string of the molecule is O=C(NCc1cc(C2CC2)on1)C1CCCN(c2nc3cc(Cl)ccc3o2)C1. The Morgan fingerprint density at radius 3 is 3.04 bits per heavy atom. The number of nitrogens with zero attached hydrogens (tertiary/aromatic N) is 3. The van der Waals surface area contributed by atoms with Gasteiger partial charge in [0, 0.05) is 30.1 Å². The number of halogens is 1. The van der Waals surface area contributed by atoms with Crippen molar-refractivity contribution < 1.29 is 13.7 Å². The third-order valence-electron chi connectivity index (χ3n) is 5.40. The molecule has 3 heterocycles. The van der Waals surface area contributed by atoms with Crippen LogP contribution in [0.3, 0.4) is 0 Å². The van der Waals surface area contributed by atoms with Crippen LogP contribution in [0.1, 0.15) is 43.1 Å². The first-order valence-corrected chi connectivity index (χ1v) is 10.1. The summed E-state index contributed by atoms with van der Waals surface area (Å²) in [7, 11) is 0. The summed E-state index contributed by atoms with van der Waals surface area (Å²) in [5.41, 5.74) is 2.20. The maximum Gasteiger partial charge on any atom is 0.298 e. The minimum absolute atomic E-state index is 0.0276. The lowest BCUT2D eigenvalue weighted by atomic mass is 9.97. The van der Waals surface area contributed by atoms with Crippen LogP contribution >= 0.6 is 11.6 Å². The fraction of sp³-hybridized carbons (Fsp3) is 0.450. The maximum atomic E-state index is 12.7. The van der Waals surface area contributed by atoms with E-state index in [1.165, 1.54) is 12.8 Å². The number of nitrogens with one attached hydrogen (secondary N) is 1. The molecule has 1 saturated heterocycles. The van der Waals surface area contributed by atoms with Gasteiger partial charge < -0.3 is 19.2 Å². The van der Waals surface area contributed by atoms with Crippen molar-refractivity contribution >= 4 is 34.6 Å². The van der Waals surface area contributed by atoms with Crippen molar-refractivity contribution in [2.75, 3.05) is 18.0 Å². The first-order chi connectivity index (χ1) is 13.7. The third kappa shape index (κ3) is 3.58. The molecule has 0 bridgehead atoms. The Kier molecular flexibility index (Phi) is 4.47. The minimum Gasteiger partial charge on any atom is -0.423 e. The van der Waals surface area contributed by atoms with E-state index in [1.54, 1.807) is 12.1 Å². The van der Waals surface area contributed by atoms with Crippen molar-refractivity contribution in [3.63, 3.8) is 0 Å². The molecule has 7 nitrogen and oxygen atoms in total. The molecule has 2 aromatic heterocycles. The van der Waals surface area contributed by atoms with Crippen LogP contribution in [-0.2, 0) is 11.3 Å². The number of hydrogen-bond donors (Lipinski definition) is 1. The van der Waals surface area contributed by atoms with E-state index in [1.807, 2.05) is 17.0 Å². The first kappa shape index (κ1) is 17.6. The lowest BCUT2D eigenvalue weighted by Crippen LogP contribution is -2.43. The third-order valence-corrected chi connectivity index (χ3v) is 5.64. The number of hydrogen-bond acceptors (Lipinski definition) is 6. The molecule has 3 aromatic rings. The average Bonchev–Trinajstić information content (AvgIpc) is 3.30. The number of piperidine rings is 1. The van der Waals surface area contributed by atoms with Crippen LogP contribution < -0.4 is 10.2 Å². The highest BCUT2D eigenvalue weighted by atomic mass is 35.5. The Morgan fingerprint density at radius 2 is 2.18 bits per heavy atom. The summed E-state index contributed by atoms with van der Waals surface area (Å²) in [6.07, 6.45) is 4.09. The number of anilines is 1. The zero-order valence-electron chi connectivity index (χ0n) is 15.4. The molecule has 1 N–H and O–H groups in total. The van der Waals surface area contributed by atoms with Gasteiger partial charge in [-0.1, -0.05) is 16.8 Å². The minimum atomic E-state index is -0.109. The van der Waals surface area contributed by atoms with Crippen LogP contribution in [0.5, 0.6) is 0 Å². The molecule has 1 saturated carbocycles. The highest BCUT2D eigenvalue weighted by molar-refractivity contribution is 6.31. The van der Waals surface area contributed by atoms with E-state index in [2.05, 4.69) is 15.5 Å². The van der Waals surface area contributed by atoms with E-state index < -0.39 is 0 Å². The van der Waals surface area contributed by atoms with Crippen LogP contribution in [0.15, 0.2) is 33.2 Å². The van der Waals surface area contributed by atoms with Gasteiger partial charge in [0.2, 0.25) is 5.91 Å². The standard InChI is InChI=1S/C20H21ClN4O3/c21-14-5-6-17-16(8-14)23-20(27-17)25-7-1-2-13(11-25)19(26)22-10-15-9-18(28-24-15)12-3-4-12/h5-6,8-9,12-13H,1-4,7,10-11H2,(H,22,26). The molecule has 0 radical (unpaired) electrons. The van der Waals surface area contributed by atoms with Gasteiger partial charge in [0.05, 0.1) is 12.5 Å². The molecule has 1 unspecified atom stereocenters. The normalized spacial score (nSPS) is 19.9. The second-order valence-electron chi connectivity index (χ2n) is 7.61. The second-order valence-corrected chi connectivity index (χ2v) is 8.04. The number of fused-ring (bicyclic) bond motifs is 1. The molecule has 2 aliphatic rings. The molecule has 1 aromatic carbocycles. The summed E-state index contributed by atoms with van der Waals surface area (Å²) in [5, 5.41) is 7.67. The van der Waals surface area contributed by atoms with Crippen LogP contribution in [0.4, 0.5) is 6.01 Å². The Bertz CT molecular complexity index is 1010. The zero-order valence-corrected chi connectivity index (χ0v) is 16.1. The van der Waals surface area contributed by atoms with Crippen LogP contribution in [0.2, 0.25) is 5.02 Å². The Hall–Kier alpha value is -2.54. The molecular formula is C20H21ClN4O3. The topological polar surface area (TPSA) is 84.4 Å². The van der Waals surface area contributed by atoms with Crippen LogP contribution in [0, 0.1) is 5.92 Å². The zero-order chi connectivity index (χ0) is 19.1. The largest absolute Gasteiger partial charge is 0.423 e. The van der Waals surface area contributed by atoms with Gasteiger partial charge in [0.1, 0.15) is 17.0 Å². The number of oxazole rings is 1. The van der Waals surface area contributed by atoms with Gasteiger partial charge in [-0.3, -0.25) is 4.79 Å². The molecule has 1 atom stereocenters. The monoisotopic (exact) mass is 400 g/mol. The lowest BCUT2D eigenvalue weighted by Gasteiger charge is -2.30. The van der Waals surface area contributed by atoms with E-state index >= 15 is 0 Å². The predicted molar refractivity (Wildman–Crippen MR) is 104 cm³/mol. The van der Waals surface area contributed by atoms with E-state index in [-0.39, 0.29) is 11.8 Å². The fourth-order valence-corrected chi connectivity index (χ4v) is 3.85. The van der Waals surface area contributed by atoms with Gasteiger partial charge in [0.25, 0.3) is 6.01 Å². The van der Waals surface area contributed by atoms with E-state index in [0.717, 1.165) is 36.4 Å². The number of aromatic nitrogens is 2. The van der Waals surface area contributed by atoms with Gasteiger partial charge in [-0.25, -0.2) is 0 Å². The number of benzene rings is 1. The van der Waals surface area contributed by atoms with Crippen molar-refractivity contribution in [1.29, 1.82) is 0 Å². The van der Waals surface area contributed by atoms with E-state index in [4.69, 9.17) is 20.5 Å². The molecule has 8 heteroatoms. The van der Waals surface area contributed by atoms with E-state index in [0.29, 0.717) is 35.6 Å². The first-order valence-electron chi connectivity index (χ1n) is 9.70. The second kappa shape index (κ2) is 7.13. The lowest BCUT2D eigenvalue weighted by molar-refractivity contribution is -0.125. The average molecular weight is 401 g/mol. The van der Waals surface area contributed by atoms with Crippen molar-refractivity contribution in [3.8, 4) is 0 Å². The smallest absolute Gasteiger partial charge is 0.298 e. The van der Waals surface area contributed by atoms with Gasteiger partial charge in [0.15, 0.2) is 5.58 Å². The summed E-state index contributed by atoms with van der Waals surface area (Å²) < 4.78 is 11.2. The van der Waals surface area contributed by atoms with Crippen molar-refractivity contribution in [2.45, 2.75) is 38.1 Å². The molecule has 146 valence electrons. The number of carbonyl (C=O) groups is 1. The van der Waals surface area contributed by atoms with E-state index in [9.17, 15) is 4.79 Å². The maximum absolute atomic E-state index is 12.7. The van der Waals surface area contributed by atoms with Gasteiger partial charge in [-0.05, 0) is 43.9 Å². The summed E-state index contributed by atoms with van der Waals surface area (Å²) >= 11 is 6.03. The van der Waals surface area contributed by atoms with Crippen molar-refractivity contribution in [3.05, 3.63) is 40.7 Å². The predicted octanol–water partition coefficient (Wildman–Crippen LogP) is 3.88. The van der Waals surface area contributed by atoms with Crippen LogP contribution in [-0.4, -0.2) is 29.1 Å². The molecule has 1 amide bonds. The van der Waals surface area contributed by atoms with Gasteiger partial charge in [-0.2, -0.15) is 4.98 Å². The molecule has 2 fully saturated rings. The molecule has 1 aliphatic heterocycles. The Balaban J connectivity index is 1.22. The highest BCUT2D eigenvalue weighted by Crippen LogP contribution is 2.40. The van der Waals surface area contributed by atoms with Gasteiger partial charge >= 0.3 is 0 Å². The quantitative estimate of drug-likeness (QED) is 0.699. The number of rotatable bonds is 5. The molecule has 5 rings (SSSR count). The summed E-state index contributed by atoms with van der Waals surface area (Å²) in [6, 6.07) is 7.88. The fourth-order valence-electron chi connectivity index (χ4n) is 3.68. The van der Waals surface area contributed by atoms with Crippen molar-refractivity contribution in [1.82, 2.24) is 15.5 Å². The molecule has 0 spiro atoms. The Morgan fingerprint density at radius 1 is 1.29 bits per heavy atom. The number of amides is 1. The summed E-state index contributed by atoms with van der Waals surface area (Å²) in [6.45, 7) is 1.80. The van der Waals surface area contributed by atoms with Crippen LogP contribution in [0.25, 0.3) is 11.1 Å². The molecular weight excluding hydrogens is 380 g/mol. The molecule has 1 aliphatic carbocycles. The highest BCUT2D eigenvalue weighted by Gasteiger charge is 2.30. The summed E-state index contributed by atoms with van der Waals surface area (Å²) in [5.74, 6) is 1.38. The van der Waals surface area contributed by atoms with Crippen molar-refractivity contribution in [2.24, 2.45) is 5.92 Å². The van der Waals surface area contributed by atoms with Gasteiger partial charge in [-0.15, -0.1) is 0 Å². The summed E-state index contributed by atoms with van der Waals surface area (Å²) in [4.78, 5) is 19.2. The Labute approximate surface area is 167 Å².